The van der Waals surface area contributed by atoms with E-state index in [0.29, 0.717) is 12.7 Å². The minimum Gasteiger partial charge on any atom is -0.491 e. The monoisotopic (exact) mass is 417 g/mol. The number of rotatable bonds is 5. The third-order valence-electron chi connectivity index (χ3n) is 7.27. The quantitative estimate of drug-likeness (QED) is 0.609. The van der Waals surface area contributed by atoms with Crippen molar-refractivity contribution in [3.8, 4) is 5.75 Å². The number of nitrogens with zero attached hydrogens (tertiary/aromatic N) is 1. The Labute approximate surface area is 183 Å². The number of para-hydroxylation sites is 1. The van der Waals surface area contributed by atoms with Gasteiger partial charge >= 0.3 is 0 Å². The van der Waals surface area contributed by atoms with Crippen molar-refractivity contribution in [2.45, 2.75) is 49.8 Å². The first-order chi connectivity index (χ1) is 15.3. The number of hydrogen-bond donors (Lipinski definition) is 2. The van der Waals surface area contributed by atoms with Crippen LogP contribution in [-0.4, -0.2) is 48.8 Å². The molecule has 2 aromatic carbocycles. The summed E-state index contributed by atoms with van der Waals surface area (Å²) in [7, 11) is 1.83. The maximum Gasteiger partial charge on any atom is 0.124 e. The van der Waals surface area contributed by atoms with Crippen LogP contribution in [0.4, 0.5) is 5.69 Å². The lowest BCUT2D eigenvalue weighted by molar-refractivity contribution is -0.00265. The molecule has 31 heavy (non-hydrogen) atoms. The van der Waals surface area contributed by atoms with Gasteiger partial charge in [-0.2, -0.15) is 0 Å². The van der Waals surface area contributed by atoms with Gasteiger partial charge in [0.2, 0.25) is 0 Å². The van der Waals surface area contributed by atoms with Crippen molar-refractivity contribution < 1.29 is 9.47 Å². The molecule has 3 heterocycles. The second kappa shape index (κ2) is 7.88. The molecule has 3 aliphatic rings. The molecular formula is C26H31N3O2. The fraction of sp³-hybridized carbons (Fsp3) is 0.462. The molecule has 1 aromatic heterocycles. The first-order valence-electron chi connectivity index (χ1n) is 11.7. The van der Waals surface area contributed by atoms with Crippen LogP contribution in [0.2, 0.25) is 0 Å². The maximum atomic E-state index is 6.23. The van der Waals surface area contributed by atoms with Crippen LogP contribution >= 0.6 is 0 Å². The minimum atomic E-state index is 0.172. The van der Waals surface area contributed by atoms with Gasteiger partial charge < -0.3 is 19.8 Å². The molecule has 2 fully saturated rings. The third kappa shape index (κ3) is 3.60. The van der Waals surface area contributed by atoms with E-state index < -0.39 is 0 Å². The Hall–Kier alpha value is -2.50. The van der Waals surface area contributed by atoms with Crippen molar-refractivity contribution in [2.24, 2.45) is 0 Å². The molecule has 162 valence electrons. The van der Waals surface area contributed by atoms with Crippen molar-refractivity contribution in [3.63, 3.8) is 0 Å². The number of H-pyrrole nitrogens is 1. The summed E-state index contributed by atoms with van der Waals surface area (Å²) in [5.74, 6) is 1.72. The summed E-state index contributed by atoms with van der Waals surface area (Å²) in [6.45, 7) is 2.75. The molecule has 1 aliphatic carbocycles. The van der Waals surface area contributed by atoms with Gasteiger partial charge in [0.1, 0.15) is 12.4 Å². The largest absolute Gasteiger partial charge is 0.491 e. The Balaban J connectivity index is 1.36. The smallest absolute Gasteiger partial charge is 0.124 e. The third-order valence-corrected chi connectivity index (χ3v) is 7.27. The van der Waals surface area contributed by atoms with Crippen LogP contribution < -0.4 is 10.1 Å². The van der Waals surface area contributed by atoms with E-state index in [2.05, 4.69) is 63.7 Å². The number of aromatic amines is 1. The van der Waals surface area contributed by atoms with Crippen LogP contribution in [-0.2, 0) is 4.74 Å². The second-order valence-electron chi connectivity index (χ2n) is 9.30. The molecule has 2 N–H and O–H groups in total. The fourth-order valence-corrected chi connectivity index (χ4v) is 5.38. The van der Waals surface area contributed by atoms with Crippen LogP contribution in [0.25, 0.3) is 10.9 Å². The average Bonchev–Trinajstić information content (AvgIpc) is 3.58. The maximum absolute atomic E-state index is 6.23. The van der Waals surface area contributed by atoms with E-state index in [1.54, 1.807) is 0 Å². The average molecular weight is 418 g/mol. The Morgan fingerprint density at radius 1 is 1.10 bits per heavy atom. The number of ether oxygens (including phenoxy) is 2. The number of aromatic nitrogens is 1. The summed E-state index contributed by atoms with van der Waals surface area (Å²) in [5, 5.41) is 5.24. The summed E-state index contributed by atoms with van der Waals surface area (Å²) >= 11 is 0. The Morgan fingerprint density at radius 2 is 2.00 bits per heavy atom. The van der Waals surface area contributed by atoms with Gasteiger partial charge in [0.25, 0.3) is 0 Å². The summed E-state index contributed by atoms with van der Waals surface area (Å²) in [5.41, 5.74) is 5.05. The molecule has 0 radical (unpaired) electrons. The Kier molecular flexibility index (Phi) is 4.88. The normalized spacial score (nSPS) is 26.4. The van der Waals surface area contributed by atoms with Crippen molar-refractivity contribution >= 4 is 16.6 Å². The number of hydrogen-bond acceptors (Lipinski definition) is 4. The number of likely N-dealkylation sites (tertiary alicyclic amines) is 1. The predicted molar refractivity (Wildman–Crippen MR) is 124 cm³/mol. The molecule has 0 spiro atoms. The number of fused-ring (bicyclic) bond motifs is 2. The zero-order chi connectivity index (χ0) is 20.8. The zero-order valence-corrected chi connectivity index (χ0v) is 18.1. The molecule has 0 unspecified atom stereocenters. The van der Waals surface area contributed by atoms with Crippen molar-refractivity contribution in [3.05, 3.63) is 59.8 Å². The molecule has 0 bridgehead atoms. The predicted octanol–water partition coefficient (Wildman–Crippen LogP) is 5.07. The van der Waals surface area contributed by atoms with E-state index in [9.17, 15) is 0 Å². The molecule has 5 heteroatoms. The lowest BCUT2D eigenvalue weighted by atomic mass is 9.92. The highest BCUT2D eigenvalue weighted by molar-refractivity contribution is 5.93. The van der Waals surface area contributed by atoms with Gasteiger partial charge in [-0.15, -0.1) is 0 Å². The number of anilines is 1. The first-order valence-corrected chi connectivity index (χ1v) is 11.7. The SMILES string of the molecule is CO[C@H]1CCCN([C@H]2COc3ccccc3[C@@H]2Nc2cccc3[nH]c(C4CC4)cc23)C1. The Bertz CT molecular complexity index is 1070. The standard InChI is InChI=1S/C26H31N3O2/c1-30-18-6-5-13-29(15-18)24-16-31-25-10-3-2-7-19(25)26(24)28-22-9-4-8-21-20(22)14-23(27-21)17-11-12-17/h2-4,7-10,14,17-18,24,26-28H,5-6,11-13,15-16H2,1H3/t18-,24-,26-/m0/s1. The van der Waals surface area contributed by atoms with Crippen molar-refractivity contribution in [2.75, 3.05) is 32.1 Å². The van der Waals surface area contributed by atoms with Crippen LogP contribution in [0.5, 0.6) is 5.75 Å². The molecule has 1 saturated heterocycles. The van der Waals surface area contributed by atoms with Crippen LogP contribution in [0.15, 0.2) is 48.5 Å². The van der Waals surface area contributed by atoms with Crippen LogP contribution in [0.3, 0.4) is 0 Å². The second-order valence-corrected chi connectivity index (χ2v) is 9.30. The molecule has 3 aromatic rings. The van der Waals surface area contributed by atoms with E-state index >= 15 is 0 Å². The highest BCUT2D eigenvalue weighted by atomic mass is 16.5. The topological polar surface area (TPSA) is 49.5 Å². The fourth-order valence-electron chi connectivity index (χ4n) is 5.38. The zero-order valence-electron chi connectivity index (χ0n) is 18.1. The lowest BCUT2D eigenvalue weighted by Gasteiger charge is -2.44. The molecule has 2 aliphatic heterocycles. The summed E-state index contributed by atoms with van der Waals surface area (Å²) in [6.07, 6.45) is 5.23. The molecule has 1 saturated carbocycles. The number of nitrogens with one attached hydrogen (secondary N) is 2. The van der Waals surface area contributed by atoms with Gasteiger partial charge in [-0.1, -0.05) is 24.3 Å². The number of benzene rings is 2. The van der Waals surface area contributed by atoms with Gasteiger partial charge in [0.05, 0.1) is 18.2 Å². The molecule has 5 nitrogen and oxygen atoms in total. The summed E-state index contributed by atoms with van der Waals surface area (Å²) in [4.78, 5) is 6.22. The van der Waals surface area contributed by atoms with E-state index in [1.807, 2.05) is 7.11 Å². The summed E-state index contributed by atoms with van der Waals surface area (Å²) in [6, 6.07) is 17.8. The number of piperidine rings is 1. The highest BCUT2D eigenvalue weighted by Crippen LogP contribution is 2.43. The van der Waals surface area contributed by atoms with E-state index in [1.165, 1.54) is 47.1 Å². The van der Waals surface area contributed by atoms with Gasteiger partial charge in [-0.25, -0.2) is 0 Å². The Morgan fingerprint density at radius 3 is 2.87 bits per heavy atom. The molecule has 0 amide bonds. The van der Waals surface area contributed by atoms with E-state index in [-0.39, 0.29) is 12.1 Å². The lowest BCUT2D eigenvalue weighted by Crippen LogP contribution is -2.53. The van der Waals surface area contributed by atoms with E-state index in [4.69, 9.17) is 9.47 Å². The van der Waals surface area contributed by atoms with E-state index in [0.717, 1.165) is 31.2 Å². The van der Waals surface area contributed by atoms with Crippen molar-refractivity contribution in [1.82, 2.24) is 9.88 Å². The molecule has 6 rings (SSSR count). The van der Waals surface area contributed by atoms with Crippen LogP contribution in [0, 0.1) is 0 Å². The van der Waals surface area contributed by atoms with Gasteiger partial charge in [0.15, 0.2) is 0 Å². The van der Waals surface area contributed by atoms with Gasteiger partial charge in [-0.3, -0.25) is 4.90 Å². The van der Waals surface area contributed by atoms with Gasteiger partial charge in [0, 0.05) is 41.5 Å². The minimum absolute atomic E-state index is 0.172. The van der Waals surface area contributed by atoms with Crippen molar-refractivity contribution in [1.29, 1.82) is 0 Å². The summed E-state index contributed by atoms with van der Waals surface area (Å²) < 4.78 is 11.9. The number of methoxy groups -OCH3 is 1. The van der Waals surface area contributed by atoms with Gasteiger partial charge in [-0.05, 0) is 62.4 Å². The highest BCUT2D eigenvalue weighted by Gasteiger charge is 2.37. The van der Waals surface area contributed by atoms with Crippen LogP contribution in [0.1, 0.15) is 48.9 Å². The molecular weight excluding hydrogens is 386 g/mol. The first kappa shape index (κ1) is 19.2. The molecule has 3 atom stereocenters.